The van der Waals surface area contributed by atoms with Crippen LogP contribution in [0.1, 0.15) is 15.4 Å². The second-order valence-corrected chi connectivity index (χ2v) is 6.58. The van der Waals surface area contributed by atoms with Gasteiger partial charge in [-0.1, -0.05) is 0 Å². The van der Waals surface area contributed by atoms with Gasteiger partial charge in [0.1, 0.15) is 4.83 Å². The Bertz CT molecular complexity index is 713. The van der Waals surface area contributed by atoms with Crippen LogP contribution in [0.4, 0.5) is 13.2 Å². The van der Waals surface area contributed by atoms with Crippen molar-refractivity contribution in [2.75, 3.05) is 33.2 Å². The van der Waals surface area contributed by atoms with E-state index >= 15 is 0 Å². The Balaban J connectivity index is 1.94. The van der Waals surface area contributed by atoms with Crippen molar-refractivity contribution in [1.82, 2.24) is 14.7 Å². The lowest BCUT2D eigenvalue weighted by molar-refractivity contribution is -0.883. The fraction of sp³-hybridized carbons (Fsp3) is 0.538. The van der Waals surface area contributed by atoms with Crippen molar-refractivity contribution in [2.24, 2.45) is 7.05 Å². The Morgan fingerprint density at radius 3 is 2.59 bits per heavy atom. The van der Waals surface area contributed by atoms with E-state index in [9.17, 15) is 18.0 Å². The van der Waals surface area contributed by atoms with Gasteiger partial charge in [0.15, 0.2) is 5.69 Å². The van der Waals surface area contributed by atoms with Crippen LogP contribution in [0.25, 0.3) is 10.2 Å². The number of hydrogen-bond donors (Lipinski definition) is 1. The zero-order valence-electron chi connectivity index (χ0n) is 12.2. The van der Waals surface area contributed by atoms with Crippen LogP contribution in [0.3, 0.4) is 0 Å². The quantitative estimate of drug-likeness (QED) is 0.832. The third kappa shape index (κ3) is 2.58. The van der Waals surface area contributed by atoms with E-state index in [1.54, 1.807) is 4.90 Å². The van der Waals surface area contributed by atoms with Crippen molar-refractivity contribution < 1.29 is 22.9 Å². The van der Waals surface area contributed by atoms with E-state index in [2.05, 4.69) is 12.1 Å². The molecule has 1 N–H and O–H groups in total. The molecule has 120 valence electrons. The van der Waals surface area contributed by atoms with Gasteiger partial charge in [-0.05, 0) is 6.07 Å². The molecule has 1 saturated heterocycles. The number of fused-ring (bicyclic) bond motifs is 1. The fourth-order valence-corrected chi connectivity index (χ4v) is 3.64. The standard InChI is InChI=1S/C13H15F3N4OS/c1-18-3-5-20(6-4-18)11(21)9-7-8-10(13(14,15)16)17-19(2)12(8)22-9/h7H,3-6H2,1-2H3/p+1. The number of likely N-dealkylation sites (N-methyl/N-ethyl adjacent to an activating group) is 1. The van der Waals surface area contributed by atoms with Gasteiger partial charge in [-0.25, -0.2) is 0 Å². The normalized spacial score (nSPS) is 17.4. The second-order valence-electron chi connectivity index (χ2n) is 5.55. The molecular weight excluding hydrogens is 317 g/mol. The predicted molar refractivity (Wildman–Crippen MR) is 76.1 cm³/mol. The summed E-state index contributed by atoms with van der Waals surface area (Å²) in [6.07, 6.45) is -4.52. The third-order valence-corrected chi connectivity index (χ3v) is 5.08. The zero-order chi connectivity index (χ0) is 16.1. The summed E-state index contributed by atoms with van der Waals surface area (Å²) in [7, 11) is 3.52. The molecule has 0 bridgehead atoms. The first-order valence-electron chi connectivity index (χ1n) is 6.91. The Hall–Kier alpha value is -1.61. The van der Waals surface area contributed by atoms with Crippen molar-refractivity contribution in [3.63, 3.8) is 0 Å². The van der Waals surface area contributed by atoms with Gasteiger partial charge < -0.3 is 9.80 Å². The molecule has 3 heterocycles. The van der Waals surface area contributed by atoms with Gasteiger partial charge in [-0.2, -0.15) is 18.3 Å². The Labute approximate surface area is 128 Å². The monoisotopic (exact) mass is 333 g/mol. The second kappa shape index (κ2) is 5.24. The lowest BCUT2D eigenvalue weighted by Gasteiger charge is -2.29. The van der Waals surface area contributed by atoms with Crippen LogP contribution < -0.4 is 4.90 Å². The molecule has 0 radical (unpaired) electrons. The van der Waals surface area contributed by atoms with Crippen LogP contribution in [0.15, 0.2) is 6.07 Å². The van der Waals surface area contributed by atoms with Gasteiger partial charge >= 0.3 is 6.18 Å². The van der Waals surface area contributed by atoms with Crippen LogP contribution in [0, 0.1) is 0 Å². The highest BCUT2D eigenvalue weighted by molar-refractivity contribution is 7.20. The highest BCUT2D eigenvalue weighted by Crippen LogP contribution is 2.37. The molecule has 0 atom stereocenters. The molecule has 0 aromatic carbocycles. The fourth-order valence-electron chi connectivity index (χ4n) is 2.60. The van der Waals surface area contributed by atoms with Crippen LogP contribution in [-0.4, -0.2) is 53.8 Å². The Morgan fingerprint density at radius 1 is 1.36 bits per heavy atom. The summed E-state index contributed by atoms with van der Waals surface area (Å²) >= 11 is 1.07. The lowest BCUT2D eigenvalue weighted by atomic mass is 10.2. The average molecular weight is 333 g/mol. The highest BCUT2D eigenvalue weighted by atomic mass is 32.1. The van der Waals surface area contributed by atoms with E-state index in [0.29, 0.717) is 22.8 Å². The number of aromatic nitrogens is 2. The first kappa shape index (κ1) is 15.3. The SMILES string of the molecule is Cn1nc(C(F)(F)F)c2cc(C(=O)N3CC[NH+](C)CC3)sc21. The number of nitrogens with zero attached hydrogens (tertiary/aromatic N) is 3. The van der Waals surface area contributed by atoms with Gasteiger partial charge in [0.25, 0.3) is 5.91 Å². The van der Waals surface area contributed by atoms with Crippen LogP contribution >= 0.6 is 11.3 Å². The number of thiophene rings is 1. The molecule has 2 aromatic heterocycles. The molecule has 9 heteroatoms. The van der Waals surface area contributed by atoms with Crippen LogP contribution in [0.2, 0.25) is 0 Å². The molecule has 1 aliphatic rings. The molecular formula is C13H16F3N4OS+. The summed E-state index contributed by atoms with van der Waals surface area (Å²) in [4.78, 5) is 16.2. The summed E-state index contributed by atoms with van der Waals surface area (Å²) in [5.74, 6) is -0.193. The minimum Gasteiger partial charge on any atom is -0.334 e. The summed E-state index contributed by atoms with van der Waals surface area (Å²) in [5, 5.41) is 3.52. The van der Waals surface area contributed by atoms with E-state index < -0.39 is 11.9 Å². The van der Waals surface area contributed by atoms with Crippen LogP contribution in [-0.2, 0) is 13.2 Å². The van der Waals surface area contributed by atoms with E-state index in [1.807, 2.05) is 0 Å². The average Bonchev–Trinajstić information content (AvgIpc) is 2.99. The number of quaternary nitrogens is 1. The molecule has 2 aromatic rings. The van der Waals surface area contributed by atoms with Crippen molar-refractivity contribution in [1.29, 1.82) is 0 Å². The first-order valence-corrected chi connectivity index (χ1v) is 7.73. The van der Waals surface area contributed by atoms with Crippen molar-refractivity contribution in [2.45, 2.75) is 6.18 Å². The molecule has 0 aliphatic carbocycles. The number of alkyl halides is 3. The third-order valence-electron chi connectivity index (χ3n) is 3.90. The van der Waals surface area contributed by atoms with Gasteiger partial charge in [-0.15, -0.1) is 11.3 Å². The number of amides is 1. The highest BCUT2D eigenvalue weighted by Gasteiger charge is 2.38. The van der Waals surface area contributed by atoms with Gasteiger partial charge in [0.2, 0.25) is 0 Å². The number of carbonyl (C=O) groups excluding carboxylic acids is 1. The molecule has 22 heavy (non-hydrogen) atoms. The Kier molecular flexibility index (Phi) is 3.64. The summed E-state index contributed by atoms with van der Waals surface area (Å²) in [6, 6.07) is 1.32. The van der Waals surface area contributed by atoms with Gasteiger partial charge in [0, 0.05) is 12.4 Å². The van der Waals surface area contributed by atoms with Crippen molar-refractivity contribution in [3.8, 4) is 0 Å². The first-order chi connectivity index (χ1) is 10.3. The largest absolute Gasteiger partial charge is 0.435 e. The van der Waals surface area contributed by atoms with Gasteiger partial charge in [-0.3, -0.25) is 9.48 Å². The van der Waals surface area contributed by atoms with E-state index in [0.717, 1.165) is 24.4 Å². The van der Waals surface area contributed by atoms with Gasteiger partial charge in [0.05, 0.1) is 38.1 Å². The number of rotatable bonds is 1. The minimum absolute atomic E-state index is 0.00287. The summed E-state index contributed by atoms with van der Waals surface area (Å²) < 4.78 is 40.1. The topological polar surface area (TPSA) is 42.6 Å². The van der Waals surface area contributed by atoms with E-state index in [4.69, 9.17) is 0 Å². The maximum atomic E-state index is 13.0. The van der Waals surface area contributed by atoms with E-state index in [1.165, 1.54) is 22.7 Å². The lowest BCUT2D eigenvalue weighted by Crippen LogP contribution is -3.12. The smallest absolute Gasteiger partial charge is 0.334 e. The molecule has 1 amide bonds. The van der Waals surface area contributed by atoms with Crippen LogP contribution in [0.5, 0.6) is 0 Å². The number of hydrogen-bond acceptors (Lipinski definition) is 3. The molecule has 0 saturated carbocycles. The molecule has 1 aliphatic heterocycles. The summed E-state index contributed by atoms with van der Waals surface area (Å²) in [5.41, 5.74) is -0.928. The van der Waals surface area contributed by atoms with Crippen molar-refractivity contribution in [3.05, 3.63) is 16.6 Å². The predicted octanol–water partition coefficient (Wildman–Crippen LogP) is 0.624. The molecule has 0 unspecified atom stereocenters. The number of nitrogens with one attached hydrogen (secondary N) is 1. The Morgan fingerprint density at radius 2 is 2.00 bits per heavy atom. The molecule has 3 rings (SSSR count). The molecule has 0 spiro atoms. The van der Waals surface area contributed by atoms with Crippen molar-refractivity contribution >= 4 is 27.5 Å². The molecule has 5 nitrogen and oxygen atoms in total. The zero-order valence-corrected chi connectivity index (χ0v) is 13.0. The number of piperazine rings is 1. The maximum absolute atomic E-state index is 13.0. The maximum Gasteiger partial charge on any atom is 0.435 e. The van der Waals surface area contributed by atoms with E-state index in [-0.39, 0.29) is 11.3 Å². The number of halogens is 3. The number of aryl methyl sites for hydroxylation is 1. The number of carbonyl (C=O) groups is 1. The minimum atomic E-state index is -4.52. The summed E-state index contributed by atoms with van der Waals surface area (Å²) in [6.45, 7) is 2.96. The molecule has 1 fully saturated rings.